The first kappa shape index (κ1) is 12.0. The lowest BCUT2D eigenvalue weighted by Crippen LogP contribution is -2.37. The first-order valence-electron chi connectivity index (χ1n) is 4.66. The number of sulfonamides is 1. The Balaban J connectivity index is 2.54. The highest BCUT2D eigenvalue weighted by Gasteiger charge is 2.12. The molecule has 0 bridgehead atoms. The van der Waals surface area contributed by atoms with Crippen LogP contribution in [0, 0.1) is 6.07 Å². The highest BCUT2D eigenvalue weighted by Crippen LogP contribution is 2.09. The Morgan fingerprint density at radius 2 is 2.07 bits per heavy atom. The standard InChI is InChI=1S/C10H14NO3S/c1-3-15(12,13)11-9(2)14-10-7-5-4-6-8-10/h5-9,11H,3H2,1-2H3. The smallest absolute Gasteiger partial charge is 0.214 e. The number of nitrogens with one attached hydrogen (secondary N) is 1. The molecule has 1 aromatic carbocycles. The molecule has 0 fully saturated rings. The minimum Gasteiger partial charge on any atom is -0.475 e. The lowest BCUT2D eigenvalue weighted by atomic mass is 10.3. The molecule has 15 heavy (non-hydrogen) atoms. The molecule has 0 spiro atoms. The van der Waals surface area contributed by atoms with Gasteiger partial charge in [0.25, 0.3) is 0 Å². The zero-order chi connectivity index (χ0) is 11.3. The number of rotatable bonds is 5. The molecule has 1 rings (SSSR count). The Morgan fingerprint density at radius 1 is 1.47 bits per heavy atom. The van der Waals surface area contributed by atoms with Crippen molar-refractivity contribution in [3.63, 3.8) is 0 Å². The van der Waals surface area contributed by atoms with Gasteiger partial charge < -0.3 is 4.74 Å². The summed E-state index contributed by atoms with van der Waals surface area (Å²) < 4.78 is 30.1. The van der Waals surface area contributed by atoms with Gasteiger partial charge in [-0.2, -0.15) is 4.72 Å². The topological polar surface area (TPSA) is 55.4 Å². The summed E-state index contributed by atoms with van der Waals surface area (Å²) in [5.41, 5.74) is 0. The van der Waals surface area contributed by atoms with E-state index in [4.69, 9.17) is 4.74 Å². The average molecular weight is 228 g/mol. The lowest BCUT2D eigenvalue weighted by molar-refractivity contribution is 0.210. The molecule has 0 amide bonds. The minimum atomic E-state index is -3.22. The molecule has 1 aromatic rings. The second-order valence-corrected chi connectivity index (χ2v) is 5.06. The van der Waals surface area contributed by atoms with Gasteiger partial charge in [0.1, 0.15) is 5.75 Å². The van der Waals surface area contributed by atoms with Crippen LogP contribution in [0.15, 0.2) is 24.3 Å². The zero-order valence-electron chi connectivity index (χ0n) is 8.73. The fourth-order valence-corrected chi connectivity index (χ4v) is 1.74. The van der Waals surface area contributed by atoms with Crippen LogP contribution >= 0.6 is 0 Å². The van der Waals surface area contributed by atoms with Crippen molar-refractivity contribution in [1.29, 1.82) is 0 Å². The van der Waals surface area contributed by atoms with E-state index in [1.165, 1.54) is 0 Å². The van der Waals surface area contributed by atoms with Crippen LogP contribution in [0.4, 0.5) is 0 Å². The molecule has 0 aromatic heterocycles. The van der Waals surface area contributed by atoms with E-state index < -0.39 is 16.3 Å². The molecule has 0 saturated carbocycles. The fourth-order valence-electron chi connectivity index (χ4n) is 1.01. The van der Waals surface area contributed by atoms with Crippen molar-refractivity contribution in [2.75, 3.05) is 5.75 Å². The summed E-state index contributed by atoms with van der Waals surface area (Å²) in [6, 6.07) is 9.69. The summed E-state index contributed by atoms with van der Waals surface area (Å²) >= 11 is 0. The van der Waals surface area contributed by atoms with Crippen molar-refractivity contribution in [1.82, 2.24) is 4.72 Å². The van der Waals surface area contributed by atoms with Crippen molar-refractivity contribution < 1.29 is 13.2 Å². The Hall–Kier alpha value is -1.07. The van der Waals surface area contributed by atoms with E-state index in [2.05, 4.69) is 10.8 Å². The molecule has 0 aliphatic carbocycles. The monoisotopic (exact) mass is 228 g/mol. The molecule has 4 nitrogen and oxygen atoms in total. The van der Waals surface area contributed by atoms with Crippen molar-refractivity contribution in [3.05, 3.63) is 30.3 Å². The highest BCUT2D eigenvalue weighted by molar-refractivity contribution is 7.89. The Morgan fingerprint density at radius 3 is 2.60 bits per heavy atom. The van der Waals surface area contributed by atoms with Crippen LogP contribution in [0.1, 0.15) is 13.8 Å². The van der Waals surface area contributed by atoms with Crippen molar-refractivity contribution in [2.24, 2.45) is 0 Å². The van der Waals surface area contributed by atoms with Crippen LogP contribution in [-0.2, 0) is 10.0 Å². The van der Waals surface area contributed by atoms with Crippen molar-refractivity contribution in [3.8, 4) is 5.75 Å². The van der Waals surface area contributed by atoms with Crippen LogP contribution in [-0.4, -0.2) is 20.4 Å². The number of ether oxygens (including phenoxy) is 1. The summed E-state index contributed by atoms with van der Waals surface area (Å²) in [7, 11) is -3.22. The van der Waals surface area contributed by atoms with Gasteiger partial charge in [-0.15, -0.1) is 0 Å². The minimum absolute atomic E-state index is 0.0449. The van der Waals surface area contributed by atoms with Gasteiger partial charge >= 0.3 is 0 Å². The maximum atomic E-state index is 11.2. The van der Waals surface area contributed by atoms with Gasteiger partial charge in [-0.3, -0.25) is 0 Å². The third-order valence-corrected chi connectivity index (χ3v) is 3.18. The van der Waals surface area contributed by atoms with E-state index in [0.717, 1.165) is 0 Å². The first-order valence-corrected chi connectivity index (χ1v) is 6.31. The molecule has 0 aliphatic rings. The highest BCUT2D eigenvalue weighted by atomic mass is 32.2. The predicted octanol–water partition coefficient (Wildman–Crippen LogP) is 1.15. The second kappa shape index (κ2) is 5.14. The molecule has 83 valence electrons. The van der Waals surface area contributed by atoms with E-state index in [1.807, 2.05) is 0 Å². The van der Waals surface area contributed by atoms with Gasteiger partial charge in [0, 0.05) is 0 Å². The molecule has 1 N–H and O–H groups in total. The largest absolute Gasteiger partial charge is 0.475 e. The summed E-state index contributed by atoms with van der Waals surface area (Å²) in [4.78, 5) is 0. The van der Waals surface area contributed by atoms with E-state index in [1.54, 1.807) is 38.1 Å². The molecule has 0 saturated heterocycles. The summed E-state index contributed by atoms with van der Waals surface area (Å²) in [6.45, 7) is 3.22. The Kier molecular flexibility index (Phi) is 4.11. The molecular weight excluding hydrogens is 214 g/mol. The summed E-state index contributed by atoms with van der Waals surface area (Å²) in [6.07, 6.45) is -0.572. The average Bonchev–Trinajstić information content (AvgIpc) is 2.18. The Labute approximate surface area is 90.3 Å². The van der Waals surface area contributed by atoms with Gasteiger partial charge in [-0.1, -0.05) is 12.1 Å². The lowest BCUT2D eigenvalue weighted by Gasteiger charge is -2.15. The van der Waals surface area contributed by atoms with Gasteiger partial charge in [-0.25, -0.2) is 8.42 Å². The molecule has 1 radical (unpaired) electrons. The van der Waals surface area contributed by atoms with Gasteiger partial charge in [0.05, 0.1) is 5.75 Å². The zero-order valence-corrected chi connectivity index (χ0v) is 9.54. The normalized spacial score (nSPS) is 13.5. The molecule has 1 unspecified atom stereocenters. The maximum absolute atomic E-state index is 11.2. The molecule has 0 aliphatic heterocycles. The third kappa shape index (κ3) is 4.31. The quantitative estimate of drug-likeness (QED) is 0.769. The van der Waals surface area contributed by atoms with Crippen LogP contribution < -0.4 is 9.46 Å². The maximum Gasteiger partial charge on any atom is 0.214 e. The van der Waals surface area contributed by atoms with Crippen LogP contribution in [0.25, 0.3) is 0 Å². The van der Waals surface area contributed by atoms with Crippen LogP contribution in [0.5, 0.6) is 5.75 Å². The van der Waals surface area contributed by atoms with Crippen molar-refractivity contribution >= 4 is 10.0 Å². The van der Waals surface area contributed by atoms with Gasteiger partial charge in [-0.05, 0) is 32.0 Å². The van der Waals surface area contributed by atoms with Gasteiger partial charge in [0.2, 0.25) is 10.0 Å². The third-order valence-electron chi connectivity index (χ3n) is 1.73. The van der Waals surface area contributed by atoms with Crippen LogP contribution in [0.3, 0.4) is 0 Å². The molecule has 1 atom stereocenters. The van der Waals surface area contributed by atoms with Crippen LogP contribution in [0.2, 0.25) is 0 Å². The molecule has 5 heteroatoms. The first-order chi connectivity index (χ1) is 7.03. The van der Waals surface area contributed by atoms with Gasteiger partial charge in [0.15, 0.2) is 6.23 Å². The van der Waals surface area contributed by atoms with Crippen molar-refractivity contribution in [2.45, 2.75) is 20.1 Å². The van der Waals surface area contributed by atoms with E-state index in [0.29, 0.717) is 5.75 Å². The number of hydrogen-bond acceptors (Lipinski definition) is 3. The molecular formula is C10H14NO3S. The second-order valence-electron chi connectivity index (χ2n) is 3.02. The number of hydrogen-bond donors (Lipinski definition) is 1. The SMILES string of the molecule is CCS(=O)(=O)NC(C)Oc1cc[c]cc1. The number of benzene rings is 1. The fraction of sp³-hybridized carbons (Fsp3) is 0.400. The Bertz CT molecular complexity index is 388. The van der Waals surface area contributed by atoms with E-state index in [-0.39, 0.29) is 5.75 Å². The molecule has 0 heterocycles. The summed E-state index contributed by atoms with van der Waals surface area (Å²) in [5.74, 6) is 0.656. The van der Waals surface area contributed by atoms with E-state index >= 15 is 0 Å². The predicted molar refractivity (Wildman–Crippen MR) is 58.0 cm³/mol. The van der Waals surface area contributed by atoms with E-state index in [9.17, 15) is 8.42 Å². The summed E-state index contributed by atoms with van der Waals surface area (Å²) in [5, 5.41) is 0.